The molecule has 0 fully saturated rings. The van der Waals surface area contributed by atoms with Gasteiger partial charge in [0.2, 0.25) is 0 Å². The smallest absolute Gasteiger partial charge is 0.0723 e. The second-order valence-electron chi connectivity index (χ2n) is 5.52. The Kier molecular flexibility index (Phi) is 5.26. The van der Waals surface area contributed by atoms with E-state index in [0.29, 0.717) is 0 Å². The van der Waals surface area contributed by atoms with Crippen LogP contribution in [0.4, 0.5) is 5.69 Å². The van der Waals surface area contributed by atoms with Crippen LogP contribution in [0, 0.1) is 0 Å². The number of aromatic nitrogens is 1. The van der Waals surface area contributed by atoms with Gasteiger partial charge in [0.15, 0.2) is 0 Å². The molecule has 0 saturated heterocycles. The van der Waals surface area contributed by atoms with Crippen LogP contribution in [0.15, 0.2) is 65.3 Å². The number of halogens is 1. The van der Waals surface area contributed by atoms with Crippen LogP contribution < -0.4 is 5.32 Å². The van der Waals surface area contributed by atoms with E-state index in [1.54, 1.807) is 0 Å². The van der Waals surface area contributed by atoms with Crippen molar-refractivity contribution in [3.8, 4) is 0 Å². The lowest BCUT2D eigenvalue weighted by molar-refractivity contribution is 0.277. The van der Waals surface area contributed by atoms with Gasteiger partial charge in [-0.2, -0.15) is 0 Å². The fraction of sp³-hybridized carbons (Fsp3) is 0.211. The maximum Gasteiger partial charge on any atom is 0.0723 e. The van der Waals surface area contributed by atoms with Crippen molar-refractivity contribution in [2.24, 2.45) is 0 Å². The first kappa shape index (κ1) is 16.0. The summed E-state index contributed by atoms with van der Waals surface area (Å²) in [5, 5.41) is 14.0. The summed E-state index contributed by atoms with van der Waals surface area (Å²) < 4.78 is 1.04. The Morgan fingerprint density at radius 1 is 1.09 bits per heavy atom. The largest absolute Gasteiger partial charge is 0.396 e. The molecule has 3 nitrogen and oxygen atoms in total. The molecule has 118 valence electrons. The molecule has 0 aliphatic rings. The highest BCUT2D eigenvalue weighted by molar-refractivity contribution is 9.10. The number of nitrogens with zero attached hydrogens (tertiary/aromatic N) is 1. The van der Waals surface area contributed by atoms with E-state index in [-0.39, 0.29) is 12.5 Å². The van der Waals surface area contributed by atoms with Crippen molar-refractivity contribution in [3.63, 3.8) is 0 Å². The number of rotatable bonds is 6. The molecule has 4 heteroatoms. The zero-order valence-electron chi connectivity index (χ0n) is 12.7. The predicted molar refractivity (Wildman–Crippen MR) is 98.8 cm³/mol. The quantitative estimate of drug-likeness (QED) is 0.667. The number of benzene rings is 2. The number of hydrogen-bond donors (Lipinski definition) is 2. The van der Waals surface area contributed by atoms with E-state index in [1.807, 2.05) is 42.6 Å². The lowest BCUT2D eigenvalue weighted by Gasteiger charge is -2.18. The van der Waals surface area contributed by atoms with Gasteiger partial charge in [-0.3, -0.25) is 4.98 Å². The number of hydrogen-bond acceptors (Lipinski definition) is 3. The van der Waals surface area contributed by atoms with Crippen LogP contribution in [-0.2, 0) is 0 Å². The topological polar surface area (TPSA) is 45.1 Å². The normalized spacial score (nSPS) is 12.3. The van der Waals surface area contributed by atoms with Crippen molar-refractivity contribution in [2.45, 2.75) is 12.3 Å². The van der Waals surface area contributed by atoms with Crippen LogP contribution in [0.2, 0.25) is 0 Å². The lowest BCUT2D eigenvalue weighted by atomic mass is 9.96. The minimum absolute atomic E-state index is 0.184. The minimum Gasteiger partial charge on any atom is -0.396 e. The van der Waals surface area contributed by atoms with E-state index in [0.717, 1.165) is 34.0 Å². The third-order valence-electron chi connectivity index (χ3n) is 3.99. The van der Waals surface area contributed by atoms with Gasteiger partial charge in [0.1, 0.15) is 0 Å². The SMILES string of the molecule is OCCC(CNc1ccnc2ccc(Br)cc12)c1ccccc1. The van der Waals surface area contributed by atoms with Crippen molar-refractivity contribution in [3.05, 3.63) is 70.8 Å². The Hall–Kier alpha value is -1.91. The van der Waals surface area contributed by atoms with Crippen LogP contribution in [-0.4, -0.2) is 23.2 Å². The maximum absolute atomic E-state index is 9.36. The lowest BCUT2D eigenvalue weighted by Crippen LogP contribution is -2.14. The fourth-order valence-corrected chi connectivity index (χ4v) is 3.13. The third kappa shape index (κ3) is 3.89. The summed E-state index contributed by atoms with van der Waals surface area (Å²) in [6.07, 6.45) is 2.56. The molecule has 0 amide bonds. The standard InChI is InChI=1S/C19H19BrN2O/c20-16-6-7-18-17(12-16)19(8-10-21-18)22-13-15(9-11-23)14-4-2-1-3-5-14/h1-8,10,12,15,23H,9,11,13H2,(H,21,22). The molecule has 1 atom stereocenters. The number of nitrogens with one attached hydrogen (secondary N) is 1. The van der Waals surface area contributed by atoms with E-state index in [9.17, 15) is 5.11 Å². The van der Waals surface area contributed by atoms with Gasteiger partial charge in [-0.1, -0.05) is 46.3 Å². The second kappa shape index (κ2) is 7.57. The average molecular weight is 371 g/mol. The van der Waals surface area contributed by atoms with Crippen LogP contribution >= 0.6 is 15.9 Å². The Bertz CT molecular complexity index is 777. The van der Waals surface area contributed by atoms with E-state index in [1.165, 1.54) is 5.56 Å². The van der Waals surface area contributed by atoms with Crippen molar-refractivity contribution in [1.29, 1.82) is 0 Å². The third-order valence-corrected chi connectivity index (χ3v) is 4.48. The molecule has 0 spiro atoms. The average Bonchev–Trinajstić information content (AvgIpc) is 2.59. The summed E-state index contributed by atoms with van der Waals surface area (Å²) in [6.45, 7) is 0.958. The molecule has 0 radical (unpaired) electrons. The molecular formula is C19H19BrN2O. The van der Waals surface area contributed by atoms with Crippen molar-refractivity contribution in [2.75, 3.05) is 18.5 Å². The predicted octanol–water partition coefficient (Wildman–Crippen LogP) is 4.58. The molecule has 23 heavy (non-hydrogen) atoms. The highest BCUT2D eigenvalue weighted by Gasteiger charge is 2.11. The fourth-order valence-electron chi connectivity index (χ4n) is 2.77. The minimum atomic E-state index is 0.184. The molecule has 1 aromatic heterocycles. The molecule has 1 unspecified atom stereocenters. The molecule has 3 aromatic rings. The zero-order valence-corrected chi connectivity index (χ0v) is 14.3. The zero-order chi connectivity index (χ0) is 16.1. The van der Waals surface area contributed by atoms with Crippen LogP contribution in [0.3, 0.4) is 0 Å². The molecule has 0 saturated carbocycles. The van der Waals surface area contributed by atoms with Crippen LogP contribution in [0.25, 0.3) is 10.9 Å². The highest BCUT2D eigenvalue weighted by atomic mass is 79.9. The Balaban J connectivity index is 1.82. The Morgan fingerprint density at radius 2 is 1.91 bits per heavy atom. The molecular weight excluding hydrogens is 352 g/mol. The number of pyridine rings is 1. The number of aliphatic hydroxyl groups is 1. The molecule has 1 heterocycles. The monoisotopic (exact) mass is 370 g/mol. The highest BCUT2D eigenvalue weighted by Crippen LogP contribution is 2.27. The van der Waals surface area contributed by atoms with Crippen LogP contribution in [0.5, 0.6) is 0 Å². The van der Waals surface area contributed by atoms with E-state index in [4.69, 9.17) is 0 Å². The number of anilines is 1. The Labute approximate surface area is 144 Å². The van der Waals surface area contributed by atoms with Gasteiger partial charge >= 0.3 is 0 Å². The summed E-state index contributed by atoms with van der Waals surface area (Å²) >= 11 is 3.52. The van der Waals surface area contributed by atoms with Gasteiger partial charge in [-0.25, -0.2) is 0 Å². The van der Waals surface area contributed by atoms with Gasteiger partial charge in [-0.05, 0) is 36.2 Å². The molecule has 0 bridgehead atoms. The molecule has 2 N–H and O–H groups in total. The summed E-state index contributed by atoms with van der Waals surface area (Å²) in [6, 6.07) is 18.4. The maximum atomic E-state index is 9.36. The van der Waals surface area contributed by atoms with E-state index in [2.05, 4.69) is 44.4 Å². The van der Waals surface area contributed by atoms with Gasteiger partial charge < -0.3 is 10.4 Å². The molecule has 2 aromatic carbocycles. The van der Waals surface area contributed by atoms with Crippen molar-refractivity contribution >= 4 is 32.5 Å². The summed E-state index contributed by atoms with van der Waals surface area (Å²) in [5.41, 5.74) is 3.28. The van der Waals surface area contributed by atoms with Crippen LogP contribution in [0.1, 0.15) is 17.9 Å². The summed E-state index contributed by atoms with van der Waals surface area (Å²) in [5.74, 6) is 0.275. The van der Waals surface area contributed by atoms with Gasteiger partial charge in [0.25, 0.3) is 0 Å². The number of fused-ring (bicyclic) bond motifs is 1. The molecule has 3 rings (SSSR count). The molecule has 0 aliphatic carbocycles. The summed E-state index contributed by atoms with van der Waals surface area (Å²) in [4.78, 5) is 4.40. The number of aliphatic hydroxyl groups excluding tert-OH is 1. The first-order chi connectivity index (χ1) is 11.3. The summed E-state index contributed by atoms with van der Waals surface area (Å²) in [7, 11) is 0. The van der Waals surface area contributed by atoms with E-state index < -0.39 is 0 Å². The second-order valence-corrected chi connectivity index (χ2v) is 6.44. The van der Waals surface area contributed by atoms with E-state index >= 15 is 0 Å². The Morgan fingerprint density at radius 3 is 2.70 bits per heavy atom. The van der Waals surface area contributed by atoms with Gasteiger partial charge in [0.05, 0.1) is 5.52 Å². The molecule has 0 aliphatic heterocycles. The van der Waals surface area contributed by atoms with Crippen molar-refractivity contribution in [1.82, 2.24) is 4.98 Å². The first-order valence-electron chi connectivity index (χ1n) is 7.72. The van der Waals surface area contributed by atoms with Gasteiger partial charge in [-0.15, -0.1) is 0 Å². The first-order valence-corrected chi connectivity index (χ1v) is 8.51. The van der Waals surface area contributed by atoms with Gasteiger partial charge in [0, 0.05) is 40.8 Å². The van der Waals surface area contributed by atoms with Crippen molar-refractivity contribution < 1.29 is 5.11 Å².